The average Bonchev–Trinajstić information content (AvgIpc) is 2.65. The highest BCUT2D eigenvalue weighted by atomic mass is 79.9. The lowest BCUT2D eigenvalue weighted by Crippen LogP contribution is -2.18. The first-order valence-corrected chi connectivity index (χ1v) is 11.3. The summed E-state index contributed by atoms with van der Waals surface area (Å²) in [5.41, 5.74) is 2.36. The average molecular weight is 449 g/mol. The van der Waals surface area contributed by atoms with Crippen molar-refractivity contribution in [3.8, 4) is 0 Å². The van der Waals surface area contributed by atoms with Crippen LogP contribution < -0.4 is 10.2 Å². The highest BCUT2D eigenvalue weighted by molar-refractivity contribution is 9.10. The minimum absolute atomic E-state index is 0.101. The maximum absolute atomic E-state index is 12.7. The molecule has 5 heteroatoms. The molecule has 0 saturated heterocycles. The molecule has 0 atom stereocenters. The molecular formula is C22H29BrN2OS. The molecule has 2 aromatic rings. The molecule has 0 aromatic heterocycles. The van der Waals surface area contributed by atoms with Gasteiger partial charge in [-0.05, 0) is 54.6 Å². The second kappa shape index (κ2) is 11.4. The van der Waals surface area contributed by atoms with Gasteiger partial charge >= 0.3 is 0 Å². The van der Waals surface area contributed by atoms with Gasteiger partial charge in [0.2, 0.25) is 0 Å². The summed E-state index contributed by atoms with van der Waals surface area (Å²) in [6, 6.07) is 13.9. The van der Waals surface area contributed by atoms with E-state index in [1.54, 1.807) is 0 Å². The van der Waals surface area contributed by atoms with Crippen LogP contribution in [0, 0.1) is 0 Å². The molecule has 0 fully saturated rings. The van der Waals surface area contributed by atoms with E-state index in [0.29, 0.717) is 5.56 Å². The molecule has 0 aliphatic rings. The first-order valence-electron chi connectivity index (χ1n) is 9.52. The second-order valence-electron chi connectivity index (χ2n) is 6.80. The Morgan fingerprint density at radius 1 is 1.04 bits per heavy atom. The van der Waals surface area contributed by atoms with Gasteiger partial charge in [0.15, 0.2) is 0 Å². The lowest BCUT2D eigenvalue weighted by Gasteiger charge is -2.17. The predicted octanol–water partition coefficient (Wildman–Crippen LogP) is 6.83. The number of amides is 1. The summed E-state index contributed by atoms with van der Waals surface area (Å²) in [6.45, 7) is 2.24. The fraction of sp³-hybridized carbons (Fsp3) is 0.409. The number of halogens is 1. The Bertz CT molecular complexity index is 732. The van der Waals surface area contributed by atoms with Gasteiger partial charge in [-0.25, -0.2) is 0 Å². The Kier molecular flexibility index (Phi) is 9.22. The molecule has 0 aliphatic heterocycles. The molecule has 27 heavy (non-hydrogen) atoms. The number of hydrogen-bond acceptors (Lipinski definition) is 3. The van der Waals surface area contributed by atoms with Crippen LogP contribution in [0.25, 0.3) is 0 Å². The highest BCUT2D eigenvalue weighted by Gasteiger charge is 2.14. The van der Waals surface area contributed by atoms with Gasteiger partial charge in [0.05, 0.1) is 5.56 Å². The van der Waals surface area contributed by atoms with Crippen molar-refractivity contribution in [1.29, 1.82) is 0 Å². The largest absolute Gasteiger partial charge is 0.377 e. The van der Waals surface area contributed by atoms with Crippen molar-refractivity contribution in [3.05, 3.63) is 52.5 Å². The van der Waals surface area contributed by atoms with Crippen molar-refractivity contribution in [3.63, 3.8) is 0 Å². The Balaban J connectivity index is 1.91. The van der Waals surface area contributed by atoms with Gasteiger partial charge in [-0.3, -0.25) is 4.79 Å². The SMILES string of the molecule is CCCCCCCSc1ccc(NC(=O)c2cc(Br)ccc2N(C)C)cc1. The zero-order valence-corrected chi connectivity index (χ0v) is 18.8. The number of rotatable bonds is 10. The normalized spacial score (nSPS) is 10.7. The molecule has 2 aromatic carbocycles. The summed E-state index contributed by atoms with van der Waals surface area (Å²) in [5, 5.41) is 3.00. The van der Waals surface area contributed by atoms with E-state index in [4.69, 9.17) is 0 Å². The van der Waals surface area contributed by atoms with E-state index >= 15 is 0 Å². The molecule has 0 unspecified atom stereocenters. The molecule has 2 rings (SSSR count). The third kappa shape index (κ3) is 7.23. The maximum atomic E-state index is 12.7. The summed E-state index contributed by atoms with van der Waals surface area (Å²) >= 11 is 5.34. The number of unbranched alkanes of at least 4 members (excludes halogenated alkanes) is 4. The fourth-order valence-corrected chi connectivity index (χ4v) is 4.08. The minimum Gasteiger partial charge on any atom is -0.377 e. The number of carbonyl (C=O) groups is 1. The molecule has 1 N–H and O–H groups in total. The highest BCUT2D eigenvalue weighted by Crippen LogP contribution is 2.26. The van der Waals surface area contributed by atoms with Crippen molar-refractivity contribution >= 4 is 45.0 Å². The van der Waals surface area contributed by atoms with Gasteiger partial charge in [0.1, 0.15) is 0 Å². The third-order valence-corrected chi connectivity index (χ3v) is 5.91. The van der Waals surface area contributed by atoms with Gasteiger partial charge in [-0.15, -0.1) is 11.8 Å². The predicted molar refractivity (Wildman–Crippen MR) is 122 cm³/mol. The topological polar surface area (TPSA) is 32.3 Å². The van der Waals surface area contributed by atoms with E-state index in [9.17, 15) is 4.79 Å². The second-order valence-corrected chi connectivity index (χ2v) is 8.88. The van der Waals surface area contributed by atoms with Crippen molar-refractivity contribution in [2.45, 2.75) is 43.9 Å². The zero-order valence-electron chi connectivity index (χ0n) is 16.4. The Labute approximate surface area is 176 Å². The van der Waals surface area contributed by atoms with E-state index in [2.05, 4.69) is 40.3 Å². The number of anilines is 2. The van der Waals surface area contributed by atoms with Crippen LogP contribution in [0.3, 0.4) is 0 Å². The summed E-state index contributed by atoms with van der Waals surface area (Å²) in [7, 11) is 3.88. The van der Waals surface area contributed by atoms with E-state index in [1.807, 2.05) is 61.1 Å². The molecular weight excluding hydrogens is 420 g/mol. The smallest absolute Gasteiger partial charge is 0.257 e. The number of nitrogens with zero attached hydrogens (tertiary/aromatic N) is 1. The van der Waals surface area contributed by atoms with Crippen LogP contribution in [0.15, 0.2) is 51.8 Å². The summed E-state index contributed by atoms with van der Waals surface area (Å²) in [5.74, 6) is 1.05. The molecule has 0 aliphatic carbocycles. The van der Waals surface area contributed by atoms with E-state index < -0.39 is 0 Å². The van der Waals surface area contributed by atoms with Gasteiger partial charge in [-0.1, -0.05) is 48.5 Å². The zero-order chi connectivity index (χ0) is 19.6. The van der Waals surface area contributed by atoms with Gasteiger partial charge in [0.25, 0.3) is 5.91 Å². The third-order valence-electron chi connectivity index (χ3n) is 4.31. The van der Waals surface area contributed by atoms with Crippen LogP contribution in [-0.4, -0.2) is 25.8 Å². The first-order chi connectivity index (χ1) is 13.0. The quantitative estimate of drug-likeness (QED) is 0.319. The number of benzene rings is 2. The summed E-state index contributed by atoms with van der Waals surface area (Å²) in [4.78, 5) is 15.9. The first kappa shape index (κ1) is 21.8. The lowest BCUT2D eigenvalue weighted by molar-refractivity contribution is 0.102. The monoisotopic (exact) mass is 448 g/mol. The van der Waals surface area contributed by atoms with Crippen LogP contribution in [0.4, 0.5) is 11.4 Å². The molecule has 0 bridgehead atoms. The van der Waals surface area contributed by atoms with Crippen molar-refractivity contribution in [2.24, 2.45) is 0 Å². The Morgan fingerprint density at radius 2 is 1.74 bits per heavy atom. The van der Waals surface area contributed by atoms with Crippen molar-refractivity contribution in [2.75, 3.05) is 30.1 Å². The fourth-order valence-electron chi connectivity index (χ4n) is 2.81. The lowest BCUT2D eigenvalue weighted by atomic mass is 10.1. The standard InChI is InChI=1S/C22H29BrN2OS/c1-4-5-6-7-8-15-27-19-12-10-18(11-13-19)24-22(26)20-16-17(23)9-14-21(20)25(2)3/h9-14,16H,4-8,15H2,1-3H3,(H,24,26). The van der Waals surface area contributed by atoms with Crippen LogP contribution in [0.5, 0.6) is 0 Å². The van der Waals surface area contributed by atoms with Crippen molar-refractivity contribution in [1.82, 2.24) is 0 Å². The van der Waals surface area contributed by atoms with Gasteiger partial charge < -0.3 is 10.2 Å². The van der Waals surface area contributed by atoms with Crippen LogP contribution in [0.1, 0.15) is 49.4 Å². The number of carbonyl (C=O) groups excluding carboxylic acids is 1. The molecule has 1 amide bonds. The molecule has 0 heterocycles. The van der Waals surface area contributed by atoms with E-state index in [-0.39, 0.29) is 5.91 Å². The van der Waals surface area contributed by atoms with Gasteiger partial charge in [0, 0.05) is 34.8 Å². The van der Waals surface area contributed by atoms with Crippen LogP contribution in [0.2, 0.25) is 0 Å². The summed E-state index contributed by atoms with van der Waals surface area (Å²) < 4.78 is 0.893. The molecule has 0 spiro atoms. The number of hydrogen-bond donors (Lipinski definition) is 1. The van der Waals surface area contributed by atoms with Gasteiger partial charge in [-0.2, -0.15) is 0 Å². The van der Waals surface area contributed by atoms with E-state index in [1.165, 1.54) is 37.0 Å². The number of thioether (sulfide) groups is 1. The van der Waals surface area contributed by atoms with Crippen molar-refractivity contribution < 1.29 is 4.79 Å². The molecule has 0 radical (unpaired) electrons. The molecule has 3 nitrogen and oxygen atoms in total. The van der Waals surface area contributed by atoms with Crippen LogP contribution >= 0.6 is 27.7 Å². The number of nitrogens with one attached hydrogen (secondary N) is 1. The minimum atomic E-state index is -0.101. The Hall–Kier alpha value is -1.46. The molecule has 0 saturated carbocycles. The molecule has 146 valence electrons. The summed E-state index contributed by atoms with van der Waals surface area (Å²) in [6.07, 6.45) is 6.55. The van der Waals surface area contributed by atoms with Crippen LogP contribution in [-0.2, 0) is 0 Å². The maximum Gasteiger partial charge on any atom is 0.257 e. The Morgan fingerprint density at radius 3 is 2.41 bits per heavy atom. The van der Waals surface area contributed by atoms with E-state index in [0.717, 1.165) is 21.6 Å².